The van der Waals surface area contributed by atoms with Gasteiger partial charge in [0.1, 0.15) is 5.82 Å². The summed E-state index contributed by atoms with van der Waals surface area (Å²) < 4.78 is 0. The maximum Gasteiger partial charge on any atom is 0.162 e. The third kappa shape index (κ3) is 2.74. The van der Waals surface area contributed by atoms with Gasteiger partial charge in [0, 0.05) is 24.0 Å². The molecule has 0 amide bonds. The fourth-order valence-corrected chi connectivity index (χ4v) is 3.40. The van der Waals surface area contributed by atoms with Crippen LogP contribution in [0.4, 0.5) is 5.82 Å². The Kier molecular flexibility index (Phi) is 3.90. The minimum atomic E-state index is 0.556. The Morgan fingerprint density at radius 1 is 1.12 bits per heavy atom. The Morgan fingerprint density at radius 3 is 2.71 bits per heavy atom. The predicted molar refractivity (Wildman–Crippen MR) is 99.1 cm³/mol. The molecule has 0 radical (unpaired) electrons. The van der Waals surface area contributed by atoms with E-state index in [1.54, 1.807) is 0 Å². The summed E-state index contributed by atoms with van der Waals surface area (Å²) in [5.41, 5.74) is 9.15. The van der Waals surface area contributed by atoms with Crippen LogP contribution in [0.2, 0.25) is 0 Å². The van der Waals surface area contributed by atoms with Crippen molar-refractivity contribution >= 4 is 16.7 Å². The van der Waals surface area contributed by atoms with Crippen LogP contribution in [0, 0.1) is 12.8 Å². The number of aryl methyl sites for hydroxylation is 1. The molecule has 122 valence electrons. The highest BCUT2D eigenvalue weighted by Crippen LogP contribution is 2.31. The van der Waals surface area contributed by atoms with Crippen molar-refractivity contribution < 1.29 is 0 Å². The molecule has 24 heavy (non-hydrogen) atoms. The lowest BCUT2D eigenvalue weighted by atomic mass is 10.1. The van der Waals surface area contributed by atoms with Gasteiger partial charge in [-0.15, -0.1) is 0 Å². The van der Waals surface area contributed by atoms with Gasteiger partial charge in [-0.3, -0.25) is 0 Å². The predicted octanol–water partition coefficient (Wildman–Crippen LogP) is 3.39. The van der Waals surface area contributed by atoms with E-state index < -0.39 is 0 Å². The Balaban J connectivity index is 1.87. The van der Waals surface area contributed by atoms with Crippen molar-refractivity contribution in [3.63, 3.8) is 0 Å². The molecule has 1 aromatic heterocycles. The van der Waals surface area contributed by atoms with Gasteiger partial charge in [-0.2, -0.15) is 0 Å². The van der Waals surface area contributed by atoms with Gasteiger partial charge in [0.05, 0.1) is 5.52 Å². The molecule has 4 nitrogen and oxygen atoms in total. The Hall–Kier alpha value is -2.46. The summed E-state index contributed by atoms with van der Waals surface area (Å²) in [7, 11) is 0. The lowest BCUT2D eigenvalue weighted by Crippen LogP contribution is -2.24. The lowest BCUT2D eigenvalue weighted by molar-refractivity contribution is 0.602. The van der Waals surface area contributed by atoms with Crippen molar-refractivity contribution in [2.24, 2.45) is 11.7 Å². The fourth-order valence-electron chi connectivity index (χ4n) is 3.40. The zero-order valence-electron chi connectivity index (χ0n) is 13.9. The van der Waals surface area contributed by atoms with E-state index in [4.69, 9.17) is 15.7 Å². The molecule has 1 fully saturated rings. The average Bonchev–Trinajstić information content (AvgIpc) is 3.10. The van der Waals surface area contributed by atoms with Crippen molar-refractivity contribution in [3.05, 3.63) is 54.1 Å². The normalized spacial score (nSPS) is 17.6. The second-order valence-electron chi connectivity index (χ2n) is 6.59. The summed E-state index contributed by atoms with van der Waals surface area (Å²) in [6.45, 7) is 4.83. The third-order valence-corrected chi connectivity index (χ3v) is 4.78. The number of anilines is 1. The van der Waals surface area contributed by atoms with Crippen molar-refractivity contribution in [3.8, 4) is 11.4 Å². The molecule has 0 saturated carbocycles. The van der Waals surface area contributed by atoms with Crippen LogP contribution in [0.1, 0.15) is 12.0 Å². The van der Waals surface area contributed by atoms with Gasteiger partial charge in [-0.25, -0.2) is 9.97 Å². The second-order valence-corrected chi connectivity index (χ2v) is 6.59. The fraction of sp³-hybridized carbons (Fsp3) is 0.300. The summed E-state index contributed by atoms with van der Waals surface area (Å²) in [5.74, 6) is 2.38. The third-order valence-electron chi connectivity index (χ3n) is 4.78. The zero-order valence-corrected chi connectivity index (χ0v) is 13.9. The highest BCUT2D eigenvalue weighted by Gasteiger charge is 2.24. The van der Waals surface area contributed by atoms with Gasteiger partial charge in [-0.05, 0) is 43.5 Å². The molecule has 1 saturated heterocycles. The zero-order chi connectivity index (χ0) is 16.5. The van der Waals surface area contributed by atoms with Gasteiger partial charge in [0.2, 0.25) is 0 Å². The van der Waals surface area contributed by atoms with Crippen LogP contribution in [0.5, 0.6) is 0 Å². The highest BCUT2D eigenvalue weighted by atomic mass is 15.2. The number of hydrogen-bond donors (Lipinski definition) is 1. The first-order valence-electron chi connectivity index (χ1n) is 8.53. The Bertz CT molecular complexity index is 860. The van der Waals surface area contributed by atoms with E-state index in [1.165, 1.54) is 5.56 Å². The van der Waals surface area contributed by atoms with E-state index in [2.05, 4.69) is 42.2 Å². The lowest BCUT2D eigenvalue weighted by Gasteiger charge is -2.20. The smallest absolute Gasteiger partial charge is 0.162 e. The number of aromatic nitrogens is 2. The van der Waals surface area contributed by atoms with Gasteiger partial charge in [0.25, 0.3) is 0 Å². The Labute approximate surface area is 142 Å². The van der Waals surface area contributed by atoms with E-state index in [0.717, 1.165) is 54.2 Å². The first-order chi connectivity index (χ1) is 11.7. The van der Waals surface area contributed by atoms with E-state index in [0.29, 0.717) is 5.92 Å². The summed E-state index contributed by atoms with van der Waals surface area (Å²) >= 11 is 0. The number of benzene rings is 2. The SMILES string of the molecule is Cc1ccc2c(N3CC[C@H](CN)C3)nc(-c3ccccc3)nc2c1. The van der Waals surface area contributed by atoms with Gasteiger partial charge in [-0.1, -0.05) is 36.4 Å². The first-order valence-corrected chi connectivity index (χ1v) is 8.53. The quantitative estimate of drug-likeness (QED) is 0.804. The van der Waals surface area contributed by atoms with Gasteiger partial charge >= 0.3 is 0 Å². The molecule has 2 N–H and O–H groups in total. The van der Waals surface area contributed by atoms with E-state index in [1.807, 2.05) is 18.2 Å². The molecular weight excluding hydrogens is 296 g/mol. The molecule has 1 aliphatic rings. The Morgan fingerprint density at radius 2 is 1.96 bits per heavy atom. The standard InChI is InChI=1S/C20H22N4/c1-14-7-8-17-18(11-14)22-19(16-5-3-2-4-6-16)23-20(17)24-10-9-15(12-21)13-24/h2-8,11,15H,9-10,12-13,21H2,1H3/t15-/m1/s1. The average molecular weight is 318 g/mol. The van der Waals surface area contributed by atoms with Crippen molar-refractivity contribution in [1.82, 2.24) is 9.97 Å². The first kappa shape index (κ1) is 15.1. The van der Waals surface area contributed by atoms with Crippen LogP contribution in [0.3, 0.4) is 0 Å². The maximum atomic E-state index is 5.87. The van der Waals surface area contributed by atoms with Crippen molar-refractivity contribution in [1.29, 1.82) is 0 Å². The molecule has 0 spiro atoms. The van der Waals surface area contributed by atoms with E-state index in [9.17, 15) is 0 Å². The number of fused-ring (bicyclic) bond motifs is 1. The van der Waals surface area contributed by atoms with Crippen LogP contribution < -0.4 is 10.6 Å². The van der Waals surface area contributed by atoms with Crippen LogP contribution in [0.15, 0.2) is 48.5 Å². The number of hydrogen-bond acceptors (Lipinski definition) is 4. The second kappa shape index (κ2) is 6.21. The summed E-state index contributed by atoms with van der Waals surface area (Å²) in [6.07, 6.45) is 1.13. The van der Waals surface area contributed by atoms with Crippen LogP contribution in [-0.4, -0.2) is 29.6 Å². The molecular formula is C20H22N4. The van der Waals surface area contributed by atoms with Crippen LogP contribution in [0.25, 0.3) is 22.3 Å². The number of nitrogens with zero attached hydrogens (tertiary/aromatic N) is 3. The van der Waals surface area contributed by atoms with Crippen LogP contribution >= 0.6 is 0 Å². The van der Waals surface area contributed by atoms with E-state index in [-0.39, 0.29) is 0 Å². The monoisotopic (exact) mass is 318 g/mol. The molecule has 0 unspecified atom stereocenters. The molecule has 4 rings (SSSR count). The van der Waals surface area contributed by atoms with Crippen molar-refractivity contribution in [2.75, 3.05) is 24.5 Å². The van der Waals surface area contributed by atoms with E-state index >= 15 is 0 Å². The van der Waals surface area contributed by atoms with Crippen LogP contribution in [-0.2, 0) is 0 Å². The molecule has 0 bridgehead atoms. The largest absolute Gasteiger partial charge is 0.356 e. The highest BCUT2D eigenvalue weighted by molar-refractivity contribution is 5.91. The van der Waals surface area contributed by atoms with Crippen molar-refractivity contribution in [2.45, 2.75) is 13.3 Å². The van der Waals surface area contributed by atoms with Gasteiger partial charge in [0.15, 0.2) is 5.82 Å². The number of rotatable bonds is 3. The minimum Gasteiger partial charge on any atom is -0.356 e. The summed E-state index contributed by atoms with van der Waals surface area (Å²) in [6, 6.07) is 16.6. The molecule has 2 heterocycles. The van der Waals surface area contributed by atoms with Gasteiger partial charge < -0.3 is 10.6 Å². The molecule has 3 aromatic rings. The summed E-state index contributed by atoms with van der Waals surface area (Å²) in [4.78, 5) is 12.1. The molecule has 0 aliphatic carbocycles. The maximum absolute atomic E-state index is 5.87. The molecule has 2 aromatic carbocycles. The molecule has 1 atom stereocenters. The molecule has 1 aliphatic heterocycles. The number of nitrogens with two attached hydrogens (primary N) is 1. The molecule has 4 heteroatoms. The minimum absolute atomic E-state index is 0.556. The topological polar surface area (TPSA) is 55.0 Å². The summed E-state index contributed by atoms with van der Waals surface area (Å²) in [5, 5.41) is 1.12.